The molecule has 3 aromatic rings. The molecule has 0 saturated carbocycles. The number of nitrogens with one attached hydrogen (secondary N) is 1. The van der Waals surface area contributed by atoms with Gasteiger partial charge in [0.25, 0.3) is 17.5 Å². The number of nitrogens with zero attached hydrogens (tertiary/aromatic N) is 4. The Bertz CT molecular complexity index is 1060. The molecule has 0 spiro atoms. The molecule has 28 heavy (non-hydrogen) atoms. The molecule has 9 heteroatoms. The van der Waals surface area contributed by atoms with Crippen LogP contribution in [0.2, 0.25) is 0 Å². The van der Waals surface area contributed by atoms with Crippen molar-refractivity contribution in [3.8, 4) is 5.69 Å². The molecule has 1 heterocycles. The molecule has 142 valence electrons. The maximum absolute atomic E-state index is 12.6. The molecule has 0 unspecified atom stereocenters. The molecule has 0 aliphatic rings. The van der Waals surface area contributed by atoms with Crippen LogP contribution in [0, 0.1) is 10.1 Å². The van der Waals surface area contributed by atoms with Gasteiger partial charge in [0, 0.05) is 32.4 Å². The van der Waals surface area contributed by atoms with Gasteiger partial charge in [-0.15, -0.1) is 0 Å². The average Bonchev–Trinajstić information content (AvgIpc) is 3.18. The molecule has 2 amide bonds. The molecule has 0 fully saturated rings. The van der Waals surface area contributed by atoms with Crippen LogP contribution in [0.1, 0.15) is 20.8 Å². The van der Waals surface area contributed by atoms with Crippen LogP contribution in [0.4, 0.5) is 11.4 Å². The van der Waals surface area contributed by atoms with E-state index in [4.69, 9.17) is 0 Å². The highest BCUT2D eigenvalue weighted by molar-refractivity contribution is 6.08. The van der Waals surface area contributed by atoms with Crippen LogP contribution >= 0.6 is 0 Å². The molecule has 0 atom stereocenters. The lowest BCUT2D eigenvalue weighted by molar-refractivity contribution is -0.384. The zero-order valence-electron chi connectivity index (χ0n) is 15.2. The van der Waals surface area contributed by atoms with Gasteiger partial charge in [0.2, 0.25) is 0 Å². The first-order valence-corrected chi connectivity index (χ1v) is 8.29. The summed E-state index contributed by atoms with van der Waals surface area (Å²) in [5, 5.41) is 17.8. The van der Waals surface area contributed by atoms with E-state index in [0.717, 1.165) is 0 Å². The Labute approximate surface area is 160 Å². The second-order valence-electron chi connectivity index (χ2n) is 6.12. The van der Waals surface area contributed by atoms with E-state index in [9.17, 15) is 19.7 Å². The highest BCUT2D eigenvalue weighted by Crippen LogP contribution is 2.19. The first-order chi connectivity index (χ1) is 13.4. The third-order valence-electron chi connectivity index (χ3n) is 3.94. The number of anilines is 1. The molecular weight excluding hydrogens is 362 g/mol. The topological polar surface area (TPSA) is 110 Å². The predicted octanol–water partition coefficient (Wildman–Crippen LogP) is 2.73. The summed E-state index contributed by atoms with van der Waals surface area (Å²) in [6, 6.07) is 14.1. The highest BCUT2D eigenvalue weighted by atomic mass is 16.6. The van der Waals surface area contributed by atoms with Gasteiger partial charge >= 0.3 is 0 Å². The van der Waals surface area contributed by atoms with Gasteiger partial charge < -0.3 is 10.2 Å². The number of non-ortho nitro benzene ring substituents is 1. The van der Waals surface area contributed by atoms with Crippen LogP contribution in [-0.2, 0) is 0 Å². The monoisotopic (exact) mass is 379 g/mol. The predicted molar refractivity (Wildman–Crippen MR) is 103 cm³/mol. The van der Waals surface area contributed by atoms with E-state index >= 15 is 0 Å². The molecule has 3 rings (SSSR count). The molecule has 1 aromatic heterocycles. The van der Waals surface area contributed by atoms with E-state index in [2.05, 4.69) is 10.4 Å². The Balaban J connectivity index is 1.84. The molecule has 0 bridgehead atoms. The quantitative estimate of drug-likeness (QED) is 0.541. The van der Waals surface area contributed by atoms with Crippen LogP contribution in [0.3, 0.4) is 0 Å². The summed E-state index contributed by atoms with van der Waals surface area (Å²) in [6.07, 6.45) is 1.53. The van der Waals surface area contributed by atoms with Gasteiger partial charge in [0.15, 0.2) is 5.69 Å². The van der Waals surface area contributed by atoms with E-state index in [-0.39, 0.29) is 17.3 Å². The summed E-state index contributed by atoms with van der Waals surface area (Å²) in [4.78, 5) is 36.7. The molecule has 0 saturated heterocycles. The normalized spacial score (nSPS) is 10.4. The van der Waals surface area contributed by atoms with E-state index < -0.39 is 10.8 Å². The molecule has 0 aliphatic carbocycles. The average molecular weight is 379 g/mol. The molecule has 0 aliphatic heterocycles. The zero-order chi connectivity index (χ0) is 20.3. The number of hydrogen-bond donors (Lipinski definition) is 1. The maximum Gasteiger partial charge on any atom is 0.276 e. The minimum Gasteiger partial charge on any atom is -0.345 e. The van der Waals surface area contributed by atoms with Crippen molar-refractivity contribution in [1.29, 1.82) is 0 Å². The number of amides is 2. The summed E-state index contributed by atoms with van der Waals surface area (Å²) in [6.45, 7) is 0. The molecular formula is C19H17N5O4. The van der Waals surface area contributed by atoms with Gasteiger partial charge in [-0.1, -0.05) is 18.2 Å². The smallest absolute Gasteiger partial charge is 0.276 e. The number of benzene rings is 2. The minimum absolute atomic E-state index is 0.0740. The van der Waals surface area contributed by atoms with E-state index in [0.29, 0.717) is 16.9 Å². The largest absolute Gasteiger partial charge is 0.345 e. The van der Waals surface area contributed by atoms with Gasteiger partial charge in [0.05, 0.1) is 21.9 Å². The van der Waals surface area contributed by atoms with Crippen molar-refractivity contribution in [3.63, 3.8) is 0 Å². The summed E-state index contributed by atoms with van der Waals surface area (Å²) in [7, 11) is 3.25. The van der Waals surface area contributed by atoms with Crippen molar-refractivity contribution < 1.29 is 14.5 Å². The van der Waals surface area contributed by atoms with Crippen LogP contribution in [0.5, 0.6) is 0 Å². The van der Waals surface area contributed by atoms with Crippen LogP contribution in [-0.4, -0.2) is 45.5 Å². The van der Waals surface area contributed by atoms with E-state index in [1.807, 2.05) is 0 Å². The fourth-order valence-corrected chi connectivity index (χ4v) is 2.54. The van der Waals surface area contributed by atoms with Crippen molar-refractivity contribution >= 4 is 23.2 Å². The summed E-state index contributed by atoms with van der Waals surface area (Å²) < 4.78 is 1.37. The second kappa shape index (κ2) is 7.70. The molecule has 1 N–H and O–H groups in total. The fourth-order valence-electron chi connectivity index (χ4n) is 2.54. The first kappa shape index (κ1) is 18.8. The summed E-state index contributed by atoms with van der Waals surface area (Å²) in [5.74, 6) is -0.735. The Kier molecular flexibility index (Phi) is 5.16. The number of carbonyl (C=O) groups excluding carboxylic acids is 2. The Morgan fingerprint density at radius 2 is 1.86 bits per heavy atom. The number of nitro groups is 1. The number of hydrogen-bond acceptors (Lipinski definition) is 5. The zero-order valence-corrected chi connectivity index (χ0v) is 15.2. The van der Waals surface area contributed by atoms with Crippen molar-refractivity contribution in [3.05, 3.63) is 82.2 Å². The lowest BCUT2D eigenvalue weighted by Crippen LogP contribution is -2.24. The van der Waals surface area contributed by atoms with Gasteiger partial charge in [-0.05, 0) is 24.3 Å². The number of rotatable bonds is 5. The van der Waals surface area contributed by atoms with Gasteiger partial charge in [0.1, 0.15) is 0 Å². The molecule has 0 radical (unpaired) electrons. The standard InChI is InChI=1S/C19H17N5O4/c1-22(2)19(26)15-8-3-4-9-16(15)20-18(25)17-10-11-23(21-17)13-6-5-7-14(12-13)24(27)28/h3-12H,1-2H3,(H,20,25). The number of nitro benzene ring substituents is 1. The Morgan fingerprint density at radius 1 is 1.11 bits per heavy atom. The second-order valence-corrected chi connectivity index (χ2v) is 6.12. The lowest BCUT2D eigenvalue weighted by atomic mass is 10.1. The third-order valence-corrected chi connectivity index (χ3v) is 3.94. The molecule has 9 nitrogen and oxygen atoms in total. The van der Waals surface area contributed by atoms with Gasteiger partial charge in [-0.25, -0.2) is 4.68 Å². The number of para-hydroxylation sites is 1. The van der Waals surface area contributed by atoms with Crippen molar-refractivity contribution in [2.75, 3.05) is 19.4 Å². The van der Waals surface area contributed by atoms with Gasteiger partial charge in [-0.3, -0.25) is 19.7 Å². The van der Waals surface area contributed by atoms with Crippen LogP contribution in [0.15, 0.2) is 60.8 Å². The van der Waals surface area contributed by atoms with E-state index in [1.54, 1.807) is 44.4 Å². The first-order valence-electron chi connectivity index (χ1n) is 8.29. The Morgan fingerprint density at radius 3 is 2.57 bits per heavy atom. The van der Waals surface area contributed by atoms with Crippen LogP contribution < -0.4 is 5.32 Å². The summed E-state index contributed by atoms with van der Waals surface area (Å²) in [5.41, 5.74) is 1.22. The number of aromatic nitrogens is 2. The van der Waals surface area contributed by atoms with E-state index in [1.165, 1.54) is 40.0 Å². The summed E-state index contributed by atoms with van der Waals surface area (Å²) >= 11 is 0. The van der Waals surface area contributed by atoms with Crippen molar-refractivity contribution in [2.24, 2.45) is 0 Å². The minimum atomic E-state index is -0.501. The van der Waals surface area contributed by atoms with Gasteiger partial charge in [-0.2, -0.15) is 5.10 Å². The Hall–Kier alpha value is -4.01. The van der Waals surface area contributed by atoms with Crippen LogP contribution in [0.25, 0.3) is 5.69 Å². The van der Waals surface area contributed by atoms with Crippen molar-refractivity contribution in [2.45, 2.75) is 0 Å². The number of carbonyl (C=O) groups is 2. The fraction of sp³-hybridized carbons (Fsp3) is 0.105. The maximum atomic E-state index is 12.6. The lowest BCUT2D eigenvalue weighted by Gasteiger charge is -2.14. The highest BCUT2D eigenvalue weighted by Gasteiger charge is 2.17. The molecule has 2 aromatic carbocycles. The SMILES string of the molecule is CN(C)C(=O)c1ccccc1NC(=O)c1ccn(-c2cccc([N+](=O)[O-])c2)n1. The van der Waals surface area contributed by atoms with Crippen molar-refractivity contribution in [1.82, 2.24) is 14.7 Å². The third kappa shape index (κ3) is 3.88.